The van der Waals surface area contributed by atoms with Crippen LogP contribution >= 0.6 is 0 Å². The van der Waals surface area contributed by atoms with E-state index in [0.717, 1.165) is 50.2 Å². The molecule has 2 aliphatic rings. The summed E-state index contributed by atoms with van der Waals surface area (Å²) >= 11 is 0. The van der Waals surface area contributed by atoms with Gasteiger partial charge in [-0.2, -0.15) is 13.2 Å². The third kappa shape index (κ3) is 6.63. The summed E-state index contributed by atoms with van der Waals surface area (Å²) in [6.07, 6.45) is -1.25. The highest BCUT2D eigenvalue weighted by Crippen LogP contribution is 2.34. The first-order chi connectivity index (χ1) is 17.2. The molecule has 1 amide bonds. The highest BCUT2D eigenvalue weighted by molar-refractivity contribution is 5.77. The van der Waals surface area contributed by atoms with Gasteiger partial charge in [-0.05, 0) is 74.6 Å². The first-order valence-corrected chi connectivity index (χ1v) is 12.5. The van der Waals surface area contributed by atoms with E-state index in [1.54, 1.807) is 13.2 Å². The molecule has 36 heavy (non-hydrogen) atoms. The molecule has 1 aliphatic carbocycles. The highest BCUT2D eigenvalue weighted by atomic mass is 19.4. The Morgan fingerprint density at radius 2 is 1.67 bits per heavy atom. The monoisotopic (exact) mass is 505 g/mol. The number of methoxy groups -OCH3 is 1. The molecular formula is C27H34F3N3O3. The number of carbonyl (C=O) groups is 1. The molecule has 6 nitrogen and oxygen atoms in total. The quantitative estimate of drug-likeness (QED) is 0.567. The fourth-order valence-corrected chi connectivity index (χ4v) is 4.91. The van der Waals surface area contributed by atoms with Crippen molar-refractivity contribution in [2.75, 3.05) is 50.1 Å². The van der Waals surface area contributed by atoms with Gasteiger partial charge in [-0.25, -0.2) is 0 Å². The summed E-state index contributed by atoms with van der Waals surface area (Å²) < 4.78 is 50.7. The number of alkyl halides is 3. The fraction of sp³-hybridized carbons (Fsp3) is 0.519. The lowest BCUT2D eigenvalue weighted by atomic mass is 9.92. The summed E-state index contributed by atoms with van der Waals surface area (Å²) in [5.74, 6) is 0.823. The van der Waals surface area contributed by atoms with Gasteiger partial charge in [-0.3, -0.25) is 4.79 Å². The Hall–Kier alpha value is -2.94. The molecule has 1 aliphatic heterocycles. The maximum Gasteiger partial charge on any atom is 0.416 e. The number of halogens is 3. The summed E-state index contributed by atoms with van der Waals surface area (Å²) in [6, 6.07) is 12.4. The molecular weight excluding hydrogens is 471 g/mol. The molecule has 9 heteroatoms. The molecule has 0 aromatic heterocycles. The van der Waals surface area contributed by atoms with Gasteiger partial charge < -0.3 is 24.6 Å². The number of benzene rings is 2. The molecule has 2 aromatic carbocycles. The zero-order valence-corrected chi connectivity index (χ0v) is 20.8. The maximum atomic E-state index is 13.2. The normalized spacial score (nSPS) is 20.8. The average Bonchev–Trinajstić information content (AvgIpc) is 2.88. The molecule has 0 atom stereocenters. The van der Waals surface area contributed by atoms with Crippen LogP contribution < -0.4 is 15.0 Å². The second-order valence-electron chi connectivity index (χ2n) is 9.52. The van der Waals surface area contributed by atoms with Gasteiger partial charge in [-0.1, -0.05) is 6.07 Å². The van der Waals surface area contributed by atoms with Gasteiger partial charge in [0.05, 0.1) is 18.8 Å². The minimum atomic E-state index is -4.36. The van der Waals surface area contributed by atoms with Crippen LogP contribution in [0.4, 0.5) is 24.5 Å². The molecule has 1 saturated carbocycles. The second-order valence-corrected chi connectivity index (χ2v) is 9.52. The molecule has 2 aromatic rings. The number of ether oxygens (including phenoxy) is 2. The smallest absolute Gasteiger partial charge is 0.416 e. The van der Waals surface area contributed by atoms with Crippen LogP contribution in [0, 0.1) is 6.92 Å². The van der Waals surface area contributed by atoms with Crippen molar-refractivity contribution in [2.24, 2.45) is 0 Å². The van der Waals surface area contributed by atoms with Crippen LogP contribution in [-0.2, 0) is 15.7 Å². The van der Waals surface area contributed by atoms with E-state index < -0.39 is 11.7 Å². The number of hydrogen-bond acceptors (Lipinski definition) is 5. The van der Waals surface area contributed by atoms with Crippen LogP contribution in [0.2, 0.25) is 0 Å². The molecule has 1 heterocycles. The van der Waals surface area contributed by atoms with Crippen molar-refractivity contribution in [3.63, 3.8) is 0 Å². The summed E-state index contributed by atoms with van der Waals surface area (Å²) in [4.78, 5) is 16.8. The fourth-order valence-electron chi connectivity index (χ4n) is 4.91. The molecule has 2 fully saturated rings. The van der Waals surface area contributed by atoms with Crippen molar-refractivity contribution in [1.82, 2.24) is 4.90 Å². The third-order valence-corrected chi connectivity index (χ3v) is 7.10. The topological polar surface area (TPSA) is 54.0 Å². The van der Waals surface area contributed by atoms with Crippen molar-refractivity contribution in [2.45, 2.75) is 50.9 Å². The Kier molecular flexibility index (Phi) is 8.28. The van der Waals surface area contributed by atoms with E-state index >= 15 is 0 Å². The largest absolute Gasteiger partial charge is 0.497 e. The predicted molar refractivity (Wildman–Crippen MR) is 134 cm³/mol. The van der Waals surface area contributed by atoms with Gasteiger partial charge in [0.15, 0.2) is 0 Å². The average molecular weight is 506 g/mol. The van der Waals surface area contributed by atoms with Crippen molar-refractivity contribution in [1.29, 1.82) is 0 Å². The highest BCUT2D eigenvalue weighted by Gasteiger charge is 2.33. The molecule has 0 radical (unpaired) electrons. The van der Waals surface area contributed by atoms with Crippen LogP contribution in [-0.4, -0.2) is 62.8 Å². The summed E-state index contributed by atoms with van der Waals surface area (Å²) in [6.45, 7) is 4.38. The summed E-state index contributed by atoms with van der Waals surface area (Å²) in [7, 11) is 1.64. The number of piperazine rings is 1. The van der Waals surface area contributed by atoms with E-state index in [4.69, 9.17) is 9.47 Å². The first kappa shape index (κ1) is 26.1. The lowest BCUT2D eigenvalue weighted by Crippen LogP contribution is -2.50. The molecule has 0 unspecified atom stereocenters. The zero-order chi connectivity index (χ0) is 25.7. The summed E-state index contributed by atoms with van der Waals surface area (Å²) in [5, 5.41) is 3.24. The van der Waals surface area contributed by atoms with Gasteiger partial charge in [0, 0.05) is 43.6 Å². The molecule has 0 spiro atoms. The molecule has 1 saturated heterocycles. The van der Waals surface area contributed by atoms with Crippen molar-refractivity contribution in [3.8, 4) is 5.75 Å². The van der Waals surface area contributed by atoms with Gasteiger partial charge >= 0.3 is 6.18 Å². The molecule has 196 valence electrons. The van der Waals surface area contributed by atoms with Crippen LogP contribution in [0.25, 0.3) is 0 Å². The molecule has 0 bridgehead atoms. The lowest BCUT2D eigenvalue weighted by molar-refractivity contribution is -0.139. The van der Waals surface area contributed by atoms with Gasteiger partial charge in [0.25, 0.3) is 0 Å². The second kappa shape index (κ2) is 11.4. The summed E-state index contributed by atoms with van der Waals surface area (Å²) in [5.41, 5.74) is 1.22. The van der Waals surface area contributed by atoms with Crippen molar-refractivity contribution >= 4 is 17.3 Å². The number of amides is 1. The van der Waals surface area contributed by atoms with E-state index in [-0.39, 0.29) is 30.2 Å². The Labute approximate surface area is 210 Å². The van der Waals surface area contributed by atoms with E-state index in [0.29, 0.717) is 18.8 Å². The lowest BCUT2D eigenvalue weighted by Gasteiger charge is -2.36. The number of nitrogens with zero attached hydrogens (tertiary/aromatic N) is 2. The number of anilines is 2. The van der Waals surface area contributed by atoms with E-state index in [1.807, 2.05) is 29.2 Å². The van der Waals surface area contributed by atoms with E-state index in [2.05, 4.69) is 10.2 Å². The van der Waals surface area contributed by atoms with Crippen LogP contribution in [0.1, 0.15) is 36.8 Å². The van der Waals surface area contributed by atoms with Crippen LogP contribution in [0.15, 0.2) is 42.5 Å². The molecule has 1 N–H and O–H groups in total. The Morgan fingerprint density at radius 3 is 2.28 bits per heavy atom. The molecule has 4 rings (SSSR count). The minimum Gasteiger partial charge on any atom is -0.497 e. The predicted octanol–water partition coefficient (Wildman–Crippen LogP) is 5.11. The van der Waals surface area contributed by atoms with Gasteiger partial charge in [0.2, 0.25) is 5.91 Å². The zero-order valence-electron chi connectivity index (χ0n) is 20.8. The van der Waals surface area contributed by atoms with Crippen molar-refractivity contribution in [3.05, 3.63) is 53.6 Å². The Balaban J connectivity index is 1.17. The number of carbonyl (C=O) groups excluding carboxylic acids is 1. The number of nitrogens with one attached hydrogen (secondary N) is 1. The number of hydrogen-bond donors (Lipinski definition) is 1. The SMILES string of the molecule is COc1ccc(N2CCN(C(=O)COC3CCC(Nc4ccc(C)c(C(F)(F)F)c4)CC3)CC2)cc1. The van der Waals surface area contributed by atoms with E-state index in [1.165, 1.54) is 19.1 Å². The van der Waals surface area contributed by atoms with E-state index in [9.17, 15) is 18.0 Å². The van der Waals surface area contributed by atoms with Gasteiger partial charge in [0.1, 0.15) is 12.4 Å². The Morgan fingerprint density at radius 1 is 1.00 bits per heavy atom. The first-order valence-electron chi connectivity index (χ1n) is 12.5. The van der Waals surface area contributed by atoms with Crippen molar-refractivity contribution < 1.29 is 27.4 Å². The minimum absolute atomic E-state index is 0.00339. The standard InChI is InChI=1S/C27H34F3N3O3/c1-19-3-4-21(17-25(19)27(28,29)30)31-20-5-9-24(10-6-20)36-18-26(34)33-15-13-32(14-16-33)22-7-11-23(35-2)12-8-22/h3-4,7-8,11-12,17,20,24,31H,5-6,9-10,13-16,18H2,1-2H3. The Bertz CT molecular complexity index is 1010. The van der Waals surface area contributed by atoms with Gasteiger partial charge in [-0.15, -0.1) is 0 Å². The number of aryl methyl sites for hydroxylation is 1. The number of rotatable bonds is 7. The van der Waals surface area contributed by atoms with Crippen LogP contribution in [0.3, 0.4) is 0 Å². The maximum absolute atomic E-state index is 13.2. The third-order valence-electron chi connectivity index (χ3n) is 7.10. The van der Waals surface area contributed by atoms with Crippen LogP contribution in [0.5, 0.6) is 5.75 Å².